The zero-order valence-corrected chi connectivity index (χ0v) is 7.45. The Morgan fingerprint density at radius 2 is 2.17 bits per heavy atom. The average molecular weight is 172 g/mol. The Bertz CT molecular complexity index is 156. The lowest BCUT2D eigenvalue weighted by molar-refractivity contribution is -0.143. The molecule has 12 heavy (non-hydrogen) atoms. The van der Waals surface area contributed by atoms with Crippen molar-refractivity contribution in [2.75, 3.05) is 7.11 Å². The van der Waals surface area contributed by atoms with Crippen LogP contribution in [0.2, 0.25) is 0 Å². The maximum absolute atomic E-state index is 10.9. The number of aliphatic hydroxyl groups is 1. The number of esters is 1. The predicted octanol–water partition coefficient (Wildman–Crippen LogP) is 1.10. The minimum absolute atomic E-state index is 0.131. The second-order valence-electron chi connectivity index (χ2n) is 3.39. The fourth-order valence-electron chi connectivity index (χ4n) is 1.72. The summed E-state index contributed by atoms with van der Waals surface area (Å²) in [7, 11) is 1.39. The summed E-state index contributed by atoms with van der Waals surface area (Å²) in [6.07, 6.45) is 4.07. The zero-order chi connectivity index (χ0) is 8.97. The van der Waals surface area contributed by atoms with Crippen molar-refractivity contribution in [2.45, 2.75) is 38.2 Å². The van der Waals surface area contributed by atoms with E-state index in [1.807, 2.05) is 0 Å². The van der Waals surface area contributed by atoms with Crippen molar-refractivity contribution in [3.05, 3.63) is 0 Å². The number of methoxy groups -OCH3 is 1. The number of carbonyl (C=O) groups excluding carboxylic acids is 1. The highest BCUT2D eigenvalue weighted by molar-refractivity contribution is 5.69. The summed E-state index contributed by atoms with van der Waals surface area (Å²) in [5.74, 6) is -0.0767. The average Bonchev–Trinajstić information content (AvgIpc) is 2.09. The molecule has 0 aromatic heterocycles. The van der Waals surface area contributed by atoms with Crippen LogP contribution in [0, 0.1) is 5.92 Å². The molecule has 1 fully saturated rings. The predicted molar refractivity (Wildman–Crippen MR) is 44.6 cm³/mol. The Morgan fingerprint density at radius 3 is 2.75 bits per heavy atom. The van der Waals surface area contributed by atoms with Crippen molar-refractivity contribution >= 4 is 5.97 Å². The maximum Gasteiger partial charge on any atom is 0.305 e. The van der Waals surface area contributed by atoms with Crippen LogP contribution in [0.3, 0.4) is 0 Å². The van der Waals surface area contributed by atoms with E-state index in [4.69, 9.17) is 0 Å². The first kappa shape index (κ1) is 9.52. The molecule has 0 aliphatic heterocycles. The Labute approximate surface area is 72.7 Å². The topological polar surface area (TPSA) is 46.5 Å². The van der Waals surface area contributed by atoms with E-state index >= 15 is 0 Å². The summed E-state index contributed by atoms with van der Waals surface area (Å²) in [6, 6.07) is 0. The number of hydrogen-bond acceptors (Lipinski definition) is 3. The summed E-state index contributed by atoms with van der Waals surface area (Å²) < 4.78 is 4.55. The number of hydrogen-bond donors (Lipinski definition) is 1. The number of aliphatic hydroxyl groups excluding tert-OH is 1. The maximum atomic E-state index is 10.9. The van der Waals surface area contributed by atoms with Crippen LogP contribution in [-0.4, -0.2) is 24.3 Å². The highest BCUT2D eigenvalue weighted by Crippen LogP contribution is 2.26. The van der Waals surface area contributed by atoms with Crippen molar-refractivity contribution in [3.8, 4) is 0 Å². The summed E-state index contributed by atoms with van der Waals surface area (Å²) in [4.78, 5) is 10.9. The second kappa shape index (κ2) is 4.45. The molecule has 0 radical (unpaired) electrons. The molecule has 1 aliphatic rings. The van der Waals surface area contributed by atoms with Crippen LogP contribution in [0.5, 0.6) is 0 Å². The monoisotopic (exact) mass is 172 g/mol. The van der Waals surface area contributed by atoms with Crippen molar-refractivity contribution in [1.82, 2.24) is 0 Å². The van der Waals surface area contributed by atoms with Crippen LogP contribution in [0.25, 0.3) is 0 Å². The van der Waals surface area contributed by atoms with Gasteiger partial charge in [0.25, 0.3) is 0 Å². The molecule has 0 amide bonds. The summed E-state index contributed by atoms with van der Waals surface area (Å²) in [5, 5.41) is 9.51. The lowest BCUT2D eigenvalue weighted by Gasteiger charge is -2.26. The fourth-order valence-corrected chi connectivity index (χ4v) is 1.72. The van der Waals surface area contributed by atoms with Gasteiger partial charge < -0.3 is 9.84 Å². The molecule has 1 saturated carbocycles. The number of carbonyl (C=O) groups is 1. The number of rotatable bonds is 2. The third-order valence-corrected chi connectivity index (χ3v) is 2.53. The largest absolute Gasteiger partial charge is 0.469 e. The summed E-state index contributed by atoms with van der Waals surface area (Å²) >= 11 is 0. The van der Waals surface area contributed by atoms with Gasteiger partial charge in [0.1, 0.15) is 0 Å². The van der Waals surface area contributed by atoms with Gasteiger partial charge in [-0.15, -0.1) is 0 Å². The molecule has 3 heteroatoms. The van der Waals surface area contributed by atoms with Gasteiger partial charge in [0.05, 0.1) is 19.6 Å². The lowest BCUT2D eigenvalue weighted by Crippen LogP contribution is -2.26. The first-order valence-electron chi connectivity index (χ1n) is 4.49. The molecule has 0 aromatic rings. The van der Waals surface area contributed by atoms with E-state index < -0.39 is 0 Å². The Kier molecular flexibility index (Phi) is 3.53. The third kappa shape index (κ3) is 2.48. The van der Waals surface area contributed by atoms with Crippen molar-refractivity contribution in [3.63, 3.8) is 0 Å². The van der Waals surface area contributed by atoms with Gasteiger partial charge in [0.2, 0.25) is 0 Å². The molecule has 3 nitrogen and oxygen atoms in total. The lowest BCUT2D eigenvalue weighted by atomic mass is 9.84. The molecule has 0 unspecified atom stereocenters. The molecule has 70 valence electrons. The molecular formula is C9H16O3. The zero-order valence-electron chi connectivity index (χ0n) is 7.45. The van der Waals surface area contributed by atoms with Gasteiger partial charge in [-0.2, -0.15) is 0 Å². The molecule has 1 aliphatic carbocycles. The third-order valence-electron chi connectivity index (χ3n) is 2.53. The fraction of sp³-hybridized carbons (Fsp3) is 0.889. The van der Waals surface area contributed by atoms with Crippen LogP contribution in [0.1, 0.15) is 32.1 Å². The molecule has 2 atom stereocenters. The summed E-state index contributed by atoms with van der Waals surface area (Å²) in [6.45, 7) is 0. The smallest absolute Gasteiger partial charge is 0.305 e. The molecule has 0 bridgehead atoms. The Morgan fingerprint density at radius 1 is 1.50 bits per heavy atom. The normalized spacial score (nSPS) is 29.8. The molecule has 0 saturated heterocycles. The van der Waals surface area contributed by atoms with Crippen molar-refractivity contribution < 1.29 is 14.6 Å². The summed E-state index contributed by atoms with van der Waals surface area (Å²) in [5.41, 5.74) is 0. The van der Waals surface area contributed by atoms with Crippen molar-refractivity contribution in [2.24, 2.45) is 5.92 Å². The minimum Gasteiger partial charge on any atom is -0.469 e. The van der Waals surface area contributed by atoms with Gasteiger partial charge in [0, 0.05) is 0 Å². The standard InChI is InChI=1S/C9H16O3/c1-12-9(11)6-7-4-2-3-5-8(7)10/h7-8,10H,2-6H2,1H3/t7-,8-/m0/s1. The molecule has 0 heterocycles. The quantitative estimate of drug-likeness (QED) is 0.634. The minimum atomic E-state index is -0.294. The first-order valence-corrected chi connectivity index (χ1v) is 4.49. The van der Waals surface area contributed by atoms with E-state index in [0.717, 1.165) is 25.7 Å². The highest BCUT2D eigenvalue weighted by Gasteiger charge is 2.25. The van der Waals surface area contributed by atoms with Crippen LogP contribution >= 0.6 is 0 Å². The molecule has 1 rings (SSSR count). The van der Waals surface area contributed by atoms with Crippen LogP contribution in [-0.2, 0) is 9.53 Å². The highest BCUT2D eigenvalue weighted by atomic mass is 16.5. The van der Waals surface area contributed by atoms with Crippen LogP contribution in [0.15, 0.2) is 0 Å². The van der Waals surface area contributed by atoms with E-state index in [1.54, 1.807) is 0 Å². The van der Waals surface area contributed by atoms with Gasteiger partial charge in [-0.3, -0.25) is 4.79 Å². The van der Waals surface area contributed by atoms with Gasteiger partial charge in [-0.05, 0) is 18.8 Å². The van der Waals surface area contributed by atoms with E-state index in [2.05, 4.69) is 4.74 Å². The molecule has 0 aromatic carbocycles. The molecule has 0 spiro atoms. The Hall–Kier alpha value is -0.570. The van der Waals surface area contributed by atoms with Gasteiger partial charge in [-0.1, -0.05) is 12.8 Å². The second-order valence-corrected chi connectivity index (χ2v) is 3.39. The molecule has 1 N–H and O–H groups in total. The van der Waals surface area contributed by atoms with Gasteiger partial charge in [0.15, 0.2) is 0 Å². The van der Waals surface area contributed by atoms with Crippen LogP contribution in [0.4, 0.5) is 0 Å². The van der Waals surface area contributed by atoms with E-state index in [-0.39, 0.29) is 18.0 Å². The van der Waals surface area contributed by atoms with E-state index in [9.17, 15) is 9.90 Å². The SMILES string of the molecule is COC(=O)C[C@@H]1CCCC[C@@H]1O. The van der Waals surface area contributed by atoms with Gasteiger partial charge in [-0.25, -0.2) is 0 Å². The van der Waals surface area contributed by atoms with Gasteiger partial charge >= 0.3 is 5.97 Å². The Balaban J connectivity index is 2.33. The van der Waals surface area contributed by atoms with E-state index in [1.165, 1.54) is 7.11 Å². The number of ether oxygens (including phenoxy) is 1. The molecular weight excluding hydrogens is 156 g/mol. The van der Waals surface area contributed by atoms with E-state index in [0.29, 0.717) is 6.42 Å². The van der Waals surface area contributed by atoms with Crippen molar-refractivity contribution in [1.29, 1.82) is 0 Å². The van der Waals surface area contributed by atoms with Crippen LogP contribution < -0.4 is 0 Å². The first-order chi connectivity index (χ1) is 5.74.